The lowest BCUT2D eigenvalue weighted by Crippen LogP contribution is -2.29. The van der Waals surface area contributed by atoms with Crippen LogP contribution in [0.5, 0.6) is 0 Å². The number of hydrogen-bond acceptors (Lipinski definition) is 3. The van der Waals surface area contributed by atoms with Gasteiger partial charge in [0, 0.05) is 6.20 Å². The Balaban J connectivity index is 2.72. The Hall–Kier alpha value is -2.11. The topological polar surface area (TPSA) is 72.7 Å². The van der Waals surface area contributed by atoms with E-state index in [1.165, 1.54) is 10.8 Å². The third-order valence-corrected chi connectivity index (χ3v) is 2.26. The predicted molar refractivity (Wildman–Crippen MR) is 49.9 cm³/mol. The number of nitrogens with zero attached hydrogens (tertiary/aromatic N) is 3. The summed E-state index contributed by atoms with van der Waals surface area (Å²) in [5.74, 6) is 0. The molecule has 0 fully saturated rings. The van der Waals surface area contributed by atoms with Gasteiger partial charge in [-0.1, -0.05) is 0 Å². The minimum Gasteiger partial charge on any atom is -0.273 e. The Bertz CT molecular complexity index is 658. The summed E-state index contributed by atoms with van der Waals surface area (Å²) in [6.45, 7) is 0.590. The molecule has 0 radical (unpaired) electrons. The molecule has 14 heavy (non-hydrogen) atoms. The maximum absolute atomic E-state index is 11.4. The summed E-state index contributed by atoms with van der Waals surface area (Å²) in [6.07, 6.45) is 4.92. The van der Waals surface area contributed by atoms with Gasteiger partial charge in [-0.05, 0) is 6.08 Å². The molecule has 1 aliphatic rings. The second-order valence-electron chi connectivity index (χ2n) is 3.08. The third kappa shape index (κ3) is 0.723. The van der Waals surface area contributed by atoms with Crippen LogP contribution in [0.4, 0.5) is 0 Å². The maximum Gasteiger partial charge on any atom is 0.334 e. The van der Waals surface area contributed by atoms with Crippen molar-refractivity contribution >= 4 is 17.2 Å². The first-order valence-corrected chi connectivity index (χ1v) is 4.14. The SMILES string of the molecule is O=c1[nH]c(=O)n2c3c1cnn3CC=C2. The summed E-state index contributed by atoms with van der Waals surface area (Å²) in [4.78, 5) is 25.0. The Morgan fingerprint density at radius 1 is 1.43 bits per heavy atom. The van der Waals surface area contributed by atoms with Crippen LogP contribution in [0, 0.1) is 0 Å². The first-order chi connectivity index (χ1) is 6.77. The van der Waals surface area contributed by atoms with E-state index in [0.717, 1.165) is 0 Å². The van der Waals surface area contributed by atoms with Crippen molar-refractivity contribution in [1.82, 2.24) is 19.3 Å². The molecule has 0 spiro atoms. The molecule has 2 aromatic heterocycles. The standard InChI is InChI=1S/C8H6N4O2/c13-6-5-4-9-12-3-1-2-11(7(5)12)8(14)10-6/h1-2,4H,3H2,(H,10,13,14). The second kappa shape index (κ2) is 2.22. The molecular weight excluding hydrogens is 184 g/mol. The van der Waals surface area contributed by atoms with Crippen LogP contribution in [0.15, 0.2) is 21.9 Å². The average Bonchev–Trinajstić information content (AvgIpc) is 2.59. The van der Waals surface area contributed by atoms with Crippen molar-refractivity contribution in [3.63, 3.8) is 0 Å². The molecule has 3 rings (SSSR count). The molecule has 0 bridgehead atoms. The number of hydrogen-bond donors (Lipinski definition) is 1. The Morgan fingerprint density at radius 2 is 2.29 bits per heavy atom. The molecular formula is C8H6N4O2. The highest BCUT2D eigenvalue weighted by atomic mass is 16.2. The normalized spacial score (nSPS) is 13.7. The number of aromatic nitrogens is 4. The zero-order valence-electron chi connectivity index (χ0n) is 7.10. The molecule has 0 saturated carbocycles. The molecule has 0 atom stereocenters. The van der Waals surface area contributed by atoms with Crippen molar-refractivity contribution < 1.29 is 0 Å². The van der Waals surface area contributed by atoms with Gasteiger partial charge in [-0.3, -0.25) is 14.3 Å². The van der Waals surface area contributed by atoms with Gasteiger partial charge in [-0.25, -0.2) is 9.48 Å². The Morgan fingerprint density at radius 3 is 3.14 bits per heavy atom. The van der Waals surface area contributed by atoms with E-state index >= 15 is 0 Å². The van der Waals surface area contributed by atoms with Crippen LogP contribution in [0.2, 0.25) is 0 Å². The van der Waals surface area contributed by atoms with Crippen LogP contribution in [-0.4, -0.2) is 19.3 Å². The van der Waals surface area contributed by atoms with E-state index in [2.05, 4.69) is 10.1 Å². The molecule has 2 aromatic rings. The molecule has 0 amide bonds. The summed E-state index contributed by atoms with van der Waals surface area (Å²) in [7, 11) is 0. The number of rotatable bonds is 0. The minimum absolute atomic E-state index is 0.386. The molecule has 1 aliphatic heterocycles. The van der Waals surface area contributed by atoms with Crippen LogP contribution in [0.3, 0.4) is 0 Å². The summed E-state index contributed by atoms with van der Waals surface area (Å²) >= 11 is 0. The maximum atomic E-state index is 11.4. The lowest BCUT2D eigenvalue weighted by molar-refractivity contribution is 0.695. The van der Waals surface area contributed by atoms with Crippen LogP contribution in [-0.2, 0) is 6.54 Å². The van der Waals surface area contributed by atoms with Crippen molar-refractivity contribution in [2.45, 2.75) is 6.54 Å². The highest BCUT2D eigenvalue weighted by Gasteiger charge is 2.13. The van der Waals surface area contributed by atoms with Gasteiger partial charge in [0.25, 0.3) is 5.56 Å². The van der Waals surface area contributed by atoms with E-state index in [0.29, 0.717) is 17.6 Å². The van der Waals surface area contributed by atoms with Crippen LogP contribution >= 0.6 is 0 Å². The van der Waals surface area contributed by atoms with E-state index in [-0.39, 0.29) is 5.56 Å². The van der Waals surface area contributed by atoms with Crippen molar-refractivity contribution in [3.05, 3.63) is 33.1 Å². The summed E-state index contributed by atoms with van der Waals surface area (Å²) in [5.41, 5.74) is -0.260. The highest BCUT2D eigenvalue weighted by Crippen LogP contribution is 2.10. The van der Waals surface area contributed by atoms with E-state index in [9.17, 15) is 9.59 Å². The summed E-state index contributed by atoms with van der Waals surface area (Å²) in [5, 5.41) is 4.45. The number of H-pyrrole nitrogens is 1. The fraction of sp³-hybridized carbons (Fsp3) is 0.125. The largest absolute Gasteiger partial charge is 0.334 e. The highest BCUT2D eigenvalue weighted by molar-refractivity contribution is 5.76. The smallest absolute Gasteiger partial charge is 0.273 e. The van der Waals surface area contributed by atoms with E-state index in [1.54, 1.807) is 17.0 Å². The molecule has 0 unspecified atom stereocenters. The quantitative estimate of drug-likeness (QED) is 0.601. The van der Waals surface area contributed by atoms with Crippen LogP contribution < -0.4 is 11.2 Å². The lowest BCUT2D eigenvalue weighted by atomic mass is 10.4. The van der Waals surface area contributed by atoms with Gasteiger partial charge in [0.2, 0.25) is 0 Å². The number of aromatic amines is 1. The van der Waals surface area contributed by atoms with Gasteiger partial charge in [0.05, 0.1) is 12.7 Å². The van der Waals surface area contributed by atoms with E-state index in [1.807, 2.05) is 0 Å². The van der Waals surface area contributed by atoms with Crippen LogP contribution in [0.1, 0.15) is 0 Å². The van der Waals surface area contributed by atoms with Gasteiger partial charge in [0.1, 0.15) is 5.39 Å². The molecule has 0 aliphatic carbocycles. The van der Waals surface area contributed by atoms with Crippen molar-refractivity contribution in [2.24, 2.45) is 0 Å². The monoisotopic (exact) mass is 190 g/mol. The third-order valence-electron chi connectivity index (χ3n) is 2.26. The van der Waals surface area contributed by atoms with Gasteiger partial charge in [0.15, 0.2) is 5.65 Å². The number of allylic oxidation sites excluding steroid dienone is 1. The molecule has 6 nitrogen and oxygen atoms in total. The van der Waals surface area contributed by atoms with E-state index in [4.69, 9.17) is 0 Å². The second-order valence-corrected chi connectivity index (χ2v) is 3.08. The van der Waals surface area contributed by atoms with Crippen molar-refractivity contribution in [1.29, 1.82) is 0 Å². The van der Waals surface area contributed by atoms with Gasteiger partial charge in [-0.2, -0.15) is 5.10 Å². The number of nitrogens with one attached hydrogen (secondary N) is 1. The first kappa shape index (κ1) is 7.31. The molecule has 70 valence electrons. The molecule has 0 saturated heterocycles. The van der Waals surface area contributed by atoms with Gasteiger partial charge < -0.3 is 0 Å². The Labute approximate surface area is 77.1 Å². The molecule has 0 aromatic carbocycles. The average molecular weight is 190 g/mol. The van der Waals surface area contributed by atoms with Crippen molar-refractivity contribution in [2.75, 3.05) is 0 Å². The molecule has 3 heterocycles. The summed E-state index contributed by atoms with van der Waals surface area (Å²) in [6, 6.07) is 0. The molecule has 1 N–H and O–H groups in total. The van der Waals surface area contributed by atoms with Gasteiger partial charge in [-0.15, -0.1) is 0 Å². The zero-order chi connectivity index (χ0) is 9.71. The zero-order valence-corrected chi connectivity index (χ0v) is 7.10. The van der Waals surface area contributed by atoms with Crippen molar-refractivity contribution in [3.8, 4) is 0 Å². The predicted octanol–water partition coefficient (Wildman–Crippen LogP) is -0.629. The van der Waals surface area contributed by atoms with E-state index < -0.39 is 5.69 Å². The lowest BCUT2D eigenvalue weighted by Gasteiger charge is -2.08. The Kier molecular flexibility index (Phi) is 1.16. The fourth-order valence-corrected chi connectivity index (χ4v) is 1.64. The summed E-state index contributed by atoms with van der Waals surface area (Å²) < 4.78 is 3.00. The molecule has 6 heteroatoms. The van der Waals surface area contributed by atoms with Crippen LogP contribution in [0.25, 0.3) is 17.2 Å². The first-order valence-electron chi connectivity index (χ1n) is 4.14. The minimum atomic E-state index is -0.430. The fourth-order valence-electron chi connectivity index (χ4n) is 1.64. The van der Waals surface area contributed by atoms with Gasteiger partial charge >= 0.3 is 5.69 Å².